The zero-order chi connectivity index (χ0) is 19.3. The smallest absolute Gasteiger partial charge is 0.251 e. The molecular formula is C22H25N3O2S. The van der Waals surface area contributed by atoms with Gasteiger partial charge >= 0.3 is 0 Å². The Bertz CT molecular complexity index is 861. The Labute approximate surface area is 169 Å². The predicted octanol–water partition coefficient (Wildman–Crippen LogP) is 3.65. The number of piperidine rings is 1. The van der Waals surface area contributed by atoms with Crippen LogP contribution in [-0.4, -0.2) is 35.6 Å². The maximum absolute atomic E-state index is 12.5. The fourth-order valence-corrected chi connectivity index (χ4v) is 4.44. The molecule has 5 nitrogen and oxygen atoms in total. The van der Waals surface area contributed by atoms with Crippen molar-refractivity contribution in [3.8, 4) is 0 Å². The van der Waals surface area contributed by atoms with Crippen LogP contribution in [0.5, 0.6) is 0 Å². The second-order valence-corrected chi connectivity index (χ2v) is 8.40. The maximum atomic E-state index is 12.5. The highest BCUT2D eigenvalue weighted by atomic mass is 32.2. The number of carbonyl (C=O) groups excluding carboxylic acids is 2. The van der Waals surface area contributed by atoms with Gasteiger partial charge in [-0.1, -0.05) is 30.7 Å². The van der Waals surface area contributed by atoms with E-state index in [4.69, 9.17) is 0 Å². The van der Waals surface area contributed by atoms with Gasteiger partial charge in [0.25, 0.3) is 5.91 Å². The quantitative estimate of drug-likeness (QED) is 0.811. The standard InChI is InChI=1S/C22H25N3O2S/c26-21-15-28-20-9-8-18(12-19(20)24-21)22(27)23-13-16-4-6-17(7-5-16)14-25-10-2-1-3-11-25/h4-9,12H,1-3,10-11,13-15H2,(H,23,27)(H,24,26). The van der Waals surface area contributed by atoms with Gasteiger partial charge in [0, 0.05) is 23.5 Å². The Kier molecular flexibility index (Phi) is 5.98. The molecule has 2 aromatic carbocycles. The van der Waals surface area contributed by atoms with Crippen molar-refractivity contribution in [1.29, 1.82) is 0 Å². The molecule has 2 heterocycles. The molecule has 6 heteroatoms. The van der Waals surface area contributed by atoms with Crippen LogP contribution in [0.2, 0.25) is 0 Å². The summed E-state index contributed by atoms with van der Waals surface area (Å²) < 4.78 is 0. The lowest BCUT2D eigenvalue weighted by Crippen LogP contribution is -2.29. The first-order chi connectivity index (χ1) is 13.7. The number of amides is 2. The lowest BCUT2D eigenvalue weighted by molar-refractivity contribution is -0.113. The zero-order valence-electron chi connectivity index (χ0n) is 15.9. The molecule has 2 aliphatic heterocycles. The van der Waals surface area contributed by atoms with Gasteiger partial charge in [0.15, 0.2) is 0 Å². The molecule has 1 fully saturated rings. The summed E-state index contributed by atoms with van der Waals surface area (Å²) in [5.41, 5.74) is 3.68. The number of nitrogens with zero attached hydrogens (tertiary/aromatic N) is 1. The molecule has 2 aromatic rings. The zero-order valence-corrected chi connectivity index (χ0v) is 16.7. The molecule has 2 amide bonds. The molecule has 0 unspecified atom stereocenters. The van der Waals surface area contributed by atoms with Gasteiger partial charge in [0.2, 0.25) is 5.91 Å². The highest BCUT2D eigenvalue weighted by molar-refractivity contribution is 8.00. The summed E-state index contributed by atoms with van der Waals surface area (Å²) in [6, 6.07) is 13.9. The molecule has 2 N–H and O–H groups in total. The highest BCUT2D eigenvalue weighted by Gasteiger charge is 2.17. The molecule has 0 bridgehead atoms. The van der Waals surface area contributed by atoms with Crippen molar-refractivity contribution < 1.29 is 9.59 Å². The SMILES string of the molecule is O=C1CSc2ccc(C(=O)NCc3ccc(CN4CCCCC4)cc3)cc2N1. The Morgan fingerprint density at radius 2 is 1.79 bits per heavy atom. The first-order valence-electron chi connectivity index (χ1n) is 9.82. The Morgan fingerprint density at radius 3 is 2.57 bits per heavy atom. The van der Waals surface area contributed by atoms with Crippen molar-refractivity contribution >= 4 is 29.3 Å². The average molecular weight is 396 g/mol. The highest BCUT2D eigenvalue weighted by Crippen LogP contribution is 2.31. The van der Waals surface area contributed by atoms with E-state index in [-0.39, 0.29) is 11.8 Å². The van der Waals surface area contributed by atoms with Gasteiger partial charge in [-0.05, 0) is 55.3 Å². The number of carbonyl (C=O) groups is 2. The summed E-state index contributed by atoms with van der Waals surface area (Å²) in [4.78, 5) is 27.5. The minimum atomic E-state index is -0.134. The normalized spacial score (nSPS) is 16.9. The van der Waals surface area contributed by atoms with E-state index in [1.165, 1.54) is 49.7 Å². The van der Waals surface area contributed by atoms with Crippen molar-refractivity contribution in [3.63, 3.8) is 0 Å². The van der Waals surface area contributed by atoms with Crippen LogP contribution in [0.1, 0.15) is 40.7 Å². The molecule has 28 heavy (non-hydrogen) atoms. The van der Waals surface area contributed by atoms with Crippen LogP contribution in [0.15, 0.2) is 47.4 Å². The first kappa shape index (κ1) is 19.0. The van der Waals surface area contributed by atoms with Crippen LogP contribution in [0.4, 0.5) is 5.69 Å². The number of nitrogens with one attached hydrogen (secondary N) is 2. The molecule has 0 atom stereocenters. The molecule has 1 saturated heterocycles. The van der Waals surface area contributed by atoms with Gasteiger partial charge in [-0.15, -0.1) is 11.8 Å². The third kappa shape index (κ3) is 4.75. The van der Waals surface area contributed by atoms with E-state index in [2.05, 4.69) is 39.8 Å². The molecular weight excluding hydrogens is 370 g/mol. The number of hydrogen-bond donors (Lipinski definition) is 2. The molecule has 4 rings (SSSR count). The molecule has 0 radical (unpaired) electrons. The molecule has 2 aliphatic rings. The summed E-state index contributed by atoms with van der Waals surface area (Å²) in [6.45, 7) is 3.88. The van der Waals surface area contributed by atoms with Crippen molar-refractivity contribution in [2.24, 2.45) is 0 Å². The van der Waals surface area contributed by atoms with Gasteiger partial charge in [0.05, 0.1) is 11.4 Å². The van der Waals surface area contributed by atoms with Gasteiger partial charge in [-0.2, -0.15) is 0 Å². The van der Waals surface area contributed by atoms with Crippen LogP contribution in [0.25, 0.3) is 0 Å². The fraction of sp³-hybridized carbons (Fsp3) is 0.364. The summed E-state index contributed by atoms with van der Waals surface area (Å²) in [5.74, 6) is 0.261. The second kappa shape index (κ2) is 8.80. The van der Waals surface area contributed by atoms with Gasteiger partial charge < -0.3 is 10.6 Å². The van der Waals surface area contributed by atoms with E-state index in [0.29, 0.717) is 17.9 Å². The van der Waals surface area contributed by atoms with Crippen molar-refractivity contribution in [3.05, 3.63) is 59.2 Å². The van der Waals surface area contributed by atoms with Crippen LogP contribution < -0.4 is 10.6 Å². The first-order valence-corrected chi connectivity index (χ1v) is 10.8. The van der Waals surface area contributed by atoms with Crippen LogP contribution in [0.3, 0.4) is 0 Å². The van der Waals surface area contributed by atoms with E-state index >= 15 is 0 Å². The summed E-state index contributed by atoms with van der Waals surface area (Å²) >= 11 is 1.49. The van der Waals surface area contributed by atoms with E-state index < -0.39 is 0 Å². The minimum Gasteiger partial charge on any atom is -0.348 e. The number of fused-ring (bicyclic) bond motifs is 1. The predicted molar refractivity (Wildman–Crippen MR) is 113 cm³/mol. The summed E-state index contributed by atoms with van der Waals surface area (Å²) in [5, 5.41) is 5.79. The van der Waals surface area contributed by atoms with Gasteiger partial charge in [-0.3, -0.25) is 14.5 Å². The lowest BCUT2D eigenvalue weighted by Gasteiger charge is -2.26. The lowest BCUT2D eigenvalue weighted by atomic mass is 10.1. The Morgan fingerprint density at radius 1 is 1.04 bits per heavy atom. The van der Waals surface area contributed by atoms with Crippen LogP contribution in [0, 0.1) is 0 Å². The number of likely N-dealkylation sites (tertiary alicyclic amines) is 1. The maximum Gasteiger partial charge on any atom is 0.251 e. The third-order valence-electron chi connectivity index (χ3n) is 5.21. The average Bonchev–Trinajstić information content (AvgIpc) is 2.73. The summed E-state index contributed by atoms with van der Waals surface area (Å²) in [7, 11) is 0. The topological polar surface area (TPSA) is 61.4 Å². The second-order valence-electron chi connectivity index (χ2n) is 7.38. The Hall–Kier alpha value is -2.31. The van der Waals surface area contributed by atoms with Crippen molar-refractivity contribution in [1.82, 2.24) is 10.2 Å². The minimum absolute atomic E-state index is 0.0281. The largest absolute Gasteiger partial charge is 0.348 e. The van der Waals surface area contributed by atoms with Crippen molar-refractivity contribution in [2.75, 3.05) is 24.2 Å². The number of thioether (sulfide) groups is 1. The van der Waals surface area contributed by atoms with Crippen LogP contribution >= 0.6 is 11.8 Å². The van der Waals surface area contributed by atoms with Crippen LogP contribution in [-0.2, 0) is 17.9 Å². The van der Waals surface area contributed by atoms with E-state index in [1.54, 1.807) is 12.1 Å². The number of anilines is 1. The van der Waals surface area contributed by atoms with E-state index in [0.717, 1.165) is 22.7 Å². The van der Waals surface area contributed by atoms with Gasteiger partial charge in [-0.25, -0.2) is 0 Å². The van der Waals surface area contributed by atoms with Gasteiger partial charge in [0.1, 0.15) is 0 Å². The molecule has 0 aromatic heterocycles. The van der Waals surface area contributed by atoms with Crippen molar-refractivity contribution in [2.45, 2.75) is 37.2 Å². The molecule has 0 aliphatic carbocycles. The number of hydrogen-bond acceptors (Lipinski definition) is 4. The molecule has 146 valence electrons. The Balaban J connectivity index is 1.32. The molecule has 0 spiro atoms. The third-order valence-corrected chi connectivity index (χ3v) is 6.28. The van der Waals surface area contributed by atoms with E-state index in [9.17, 15) is 9.59 Å². The number of rotatable bonds is 5. The van der Waals surface area contributed by atoms with E-state index in [1.807, 2.05) is 6.07 Å². The number of benzene rings is 2. The summed E-state index contributed by atoms with van der Waals surface area (Å²) in [6.07, 6.45) is 3.95. The molecule has 0 saturated carbocycles. The fourth-order valence-electron chi connectivity index (χ4n) is 3.65. The monoisotopic (exact) mass is 395 g/mol.